The van der Waals surface area contributed by atoms with E-state index < -0.39 is 0 Å². The Bertz CT molecular complexity index is 307. The molecular weight excluding hydrogens is 186 g/mol. The van der Waals surface area contributed by atoms with Crippen molar-refractivity contribution in [2.75, 3.05) is 6.61 Å². The Balaban J connectivity index is 2.95. The van der Waals surface area contributed by atoms with E-state index in [1.54, 1.807) is 0 Å². The van der Waals surface area contributed by atoms with Crippen molar-refractivity contribution in [1.29, 1.82) is 0 Å². The second kappa shape index (κ2) is 5.17. The molecule has 2 heteroatoms. The summed E-state index contributed by atoms with van der Waals surface area (Å²) in [6, 6.07) is 8.04. The molecule has 0 saturated heterocycles. The molecule has 0 fully saturated rings. The zero-order chi connectivity index (χ0) is 11.3. The van der Waals surface area contributed by atoms with Gasteiger partial charge in [-0.05, 0) is 25.8 Å². The monoisotopic (exact) mass is 207 g/mol. The van der Waals surface area contributed by atoms with E-state index in [2.05, 4.69) is 19.9 Å². The van der Waals surface area contributed by atoms with Gasteiger partial charge in [-0.3, -0.25) is 0 Å². The number of hydrogen-bond donors (Lipinski definition) is 1. The third-order valence-corrected chi connectivity index (χ3v) is 2.70. The number of para-hydroxylation sites is 1. The summed E-state index contributed by atoms with van der Waals surface area (Å²) < 4.78 is 5.69. The van der Waals surface area contributed by atoms with Crippen LogP contribution in [-0.4, -0.2) is 6.61 Å². The van der Waals surface area contributed by atoms with Crippen molar-refractivity contribution >= 4 is 0 Å². The zero-order valence-electron chi connectivity index (χ0n) is 9.92. The molecule has 1 rings (SSSR count). The van der Waals surface area contributed by atoms with E-state index >= 15 is 0 Å². The van der Waals surface area contributed by atoms with Gasteiger partial charge >= 0.3 is 0 Å². The van der Waals surface area contributed by atoms with Gasteiger partial charge in [-0.25, -0.2) is 0 Å². The lowest BCUT2D eigenvalue weighted by molar-refractivity contribution is 0.304. The fraction of sp³-hybridized carbons (Fsp3) is 0.538. The highest BCUT2D eigenvalue weighted by atomic mass is 16.5. The molecule has 84 valence electrons. The molecule has 1 aromatic carbocycles. The fourth-order valence-electron chi connectivity index (χ4n) is 1.47. The largest absolute Gasteiger partial charge is 0.493 e. The van der Waals surface area contributed by atoms with Gasteiger partial charge in [0, 0.05) is 11.1 Å². The topological polar surface area (TPSA) is 35.2 Å². The van der Waals surface area contributed by atoms with Gasteiger partial charge in [0.1, 0.15) is 5.75 Å². The molecule has 0 aliphatic heterocycles. The van der Waals surface area contributed by atoms with Crippen molar-refractivity contribution in [1.82, 2.24) is 0 Å². The molecule has 0 bridgehead atoms. The van der Waals surface area contributed by atoms with Crippen LogP contribution < -0.4 is 10.5 Å². The van der Waals surface area contributed by atoms with Gasteiger partial charge in [0.2, 0.25) is 0 Å². The molecule has 0 amide bonds. The van der Waals surface area contributed by atoms with Crippen molar-refractivity contribution in [3.05, 3.63) is 29.8 Å². The Morgan fingerprint density at radius 3 is 2.53 bits per heavy atom. The maximum absolute atomic E-state index is 6.23. The molecule has 1 unspecified atom stereocenters. The van der Waals surface area contributed by atoms with E-state index in [0.29, 0.717) is 0 Å². The van der Waals surface area contributed by atoms with Gasteiger partial charge in [0.15, 0.2) is 0 Å². The Morgan fingerprint density at radius 2 is 1.93 bits per heavy atom. The van der Waals surface area contributed by atoms with Gasteiger partial charge in [-0.1, -0.05) is 32.0 Å². The van der Waals surface area contributed by atoms with Gasteiger partial charge < -0.3 is 10.5 Å². The molecular formula is C13H21NO. The lowest BCUT2D eigenvalue weighted by atomic mass is 9.90. The average Bonchev–Trinajstić information content (AvgIpc) is 2.26. The van der Waals surface area contributed by atoms with Gasteiger partial charge in [0.05, 0.1) is 6.61 Å². The molecule has 0 spiro atoms. The highest BCUT2D eigenvalue weighted by Crippen LogP contribution is 2.30. The van der Waals surface area contributed by atoms with Crippen molar-refractivity contribution in [2.24, 2.45) is 5.73 Å². The molecule has 0 heterocycles. The number of ether oxygens (including phenoxy) is 1. The summed E-state index contributed by atoms with van der Waals surface area (Å²) >= 11 is 0. The minimum atomic E-state index is -0.301. The van der Waals surface area contributed by atoms with E-state index in [1.165, 1.54) is 0 Å². The normalized spacial score (nSPS) is 14.7. The van der Waals surface area contributed by atoms with Crippen molar-refractivity contribution in [2.45, 2.75) is 39.2 Å². The first-order chi connectivity index (χ1) is 7.11. The Morgan fingerprint density at radius 1 is 1.27 bits per heavy atom. The van der Waals surface area contributed by atoms with Crippen LogP contribution in [0.25, 0.3) is 0 Å². The van der Waals surface area contributed by atoms with E-state index in [9.17, 15) is 0 Å². The summed E-state index contributed by atoms with van der Waals surface area (Å²) in [5, 5.41) is 0. The average molecular weight is 207 g/mol. The molecule has 0 aliphatic carbocycles. The minimum absolute atomic E-state index is 0.301. The zero-order valence-corrected chi connectivity index (χ0v) is 9.92. The van der Waals surface area contributed by atoms with Crippen LogP contribution >= 0.6 is 0 Å². The van der Waals surface area contributed by atoms with Crippen LogP contribution in [0.3, 0.4) is 0 Å². The highest BCUT2D eigenvalue weighted by molar-refractivity contribution is 5.38. The lowest BCUT2D eigenvalue weighted by Gasteiger charge is -2.25. The third kappa shape index (κ3) is 2.96. The number of benzene rings is 1. The second-order valence-electron chi connectivity index (χ2n) is 4.12. The molecule has 15 heavy (non-hydrogen) atoms. The maximum Gasteiger partial charge on any atom is 0.124 e. The van der Waals surface area contributed by atoms with E-state index in [0.717, 1.165) is 30.8 Å². The third-order valence-electron chi connectivity index (χ3n) is 2.70. The molecule has 0 aromatic heterocycles. The predicted octanol–water partition coefficient (Wildman–Crippen LogP) is 3.06. The smallest absolute Gasteiger partial charge is 0.124 e. The highest BCUT2D eigenvalue weighted by Gasteiger charge is 2.22. The molecule has 1 aromatic rings. The first kappa shape index (κ1) is 12.1. The predicted molar refractivity (Wildman–Crippen MR) is 64.1 cm³/mol. The summed E-state index contributed by atoms with van der Waals surface area (Å²) in [5.41, 5.74) is 7.03. The van der Waals surface area contributed by atoms with Gasteiger partial charge in [0.25, 0.3) is 0 Å². The fourth-order valence-corrected chi connectivity index (χ4v) is 1.47. The molecule has 2 N–H and O–H groups in total. The number of nitrogens with two attached hydrogens (primary N) is 1. The number of rotatable bonds is 5. The van der Waals surface area contributed by atoms with Crippen LogP contribution in [0.5, 0.6) is 5.75 Å². The summed E-state index contributed by atoms with van der Waals surface area (Å²) in [6.45, 7) is 6.98. The van der Waals surface area contributed by atoms with E-state index in [1.807, 2.05) is 25.1 Å². The van der Waals surface area contributed by atoms with Crippen LogP contribution in [0.15, 0.2) is 24.3 Å². The lowest BCUT2D eigenvalue weighted by Crippen LogP contribution is -2.32. The van der Waals surface area contributed by atoms with Crippen LogP contribution in [0.2, 0.25) is 0 Å². The Hall–Kier alpha value is -1.02. The first-order valence-corrected chi connectivity index (χ1v) is 5.63. The van der Waals surface area contributed by atoms with Crippen LogP contribution in [0.1, 0.15) is 39.2 Å². The van der Waals surface area contributed by atoms with Gasteiger partial charge in [-0.15, -0.1) is 0 Å². The maximum atomic E-state index is 6.23. The Labute approximate surface area is 92.4 Å². The summed E-state index contributed by atoms with van der Waals surface area (Å²) in [5.74, 6) is 0.922. The summed E-state index contributed by atoms with van der Waals surface area (Å²) in [6.07, 6.45) is 1.92. The van der Waals surface area contributed by atoms with E-state index in [4.69, 9.17) is 10.5 Å². The van der Waals surface area contributed by atoms with Crippen LogP contribution in [-0.2, 0) is 5.54 Å². The standard InChI is InChI=1S/C13H21NO/c1-4-10-15-12-9-7-6-8-11(12)13(3,14)5-2/h6-9H,4-5,10,14H2,1-3H3. The SMILES string of the molecule is CCCOc1ccccc1C(C)(N)CC. The molecule has 0 aliphatic rings. The second-order valence-corrected chi connectivity index (χ2v) is 4.12. The molecule has 0 saturated carbocycles. The van der Waals surface area contributed by atoms with Crippen LogP contribution in [0.4, 0.5) is 0 Å². The summed E-state index contributed by atoms with van der Waals surface area (Å²) in [7, 11) is 0. The van der Waals surface area contributed by atoms with E-state index in [-0.39, 0.29) is 5.54 Å². The van der Waals surface area contributed by atoms with Crippen molar-refractivity contribution < 1.29 is 4.74 Å². The first-order valence-electron chi connectivity index (χ1n) is 5.63. The van der Waals surface area contributed by atoms with Gasteiger partial charge in [-0.2, -0.15) is 0 Å². The Kier molecular flexibility index (Phi) is 4.15. The molecule has 2 nitrogen and oxygen atoms in total. The summed E-state index contributed by atoms with van der Waals surface area (Å²) in [4.78, 5) is 0. The quantitative estimate of drug-likeness (QED) is 0.805. The molecule has 1 atom stereocenters. The molecule has 0 radical (unpaired) electrons. The van der Waals surface area contributed by atoms with Crippen LogP contribution in [0, 0.1) is 0 Å². The van der Waals surface area contributed by atoms with Crippen molar-refractivity contribution in [3.8, 4) is 5.75 Å². The van der Waals surface area contributed by atoms with Crippen molar-refractivity contribution in [3.63, 3.8) is 0 Å². The number of hydrogen-bond acceptors (Lipinski definition) is 2. The minimum Gasteiger partial charge on any atom is -0.493 e.